The summed E-state index contributed by atoms with van der Waals surface area (Å²) in [4.78, 5) is 22.8. The summed E-state index contributed by atoms with van der Waals surface area (Å²) in [6.07, 6.45) is 13.5. The van der Waals surface area contributed by atoms with E-state index in [1.165, 1.54) is 26.2 Å². The lowest BCUT2D eigenvalue weighted by Gasteiger charge is -2.35. The summed E-state index contributed by atoms with van der Waals surface area (Å²) in [7, 11) is 4.56. The zero-order valence-corrected chi connectivity index (χ0v) is 27.7. The van der Waals surface area contributed by atoms with Crippen molar-refractivity contribution in [3.63, 3.8) is 0 Å². The molecule has 2 aromatic rings. The van der Waals surface area contributed by atoms with Crippen molar-refractivity contribution in [1.82, 2.24) is 0 Å². The van der Waals surface area contributed by atoms with Crippen molar-refractivity contribution in [2.45, 2.75) is 58.0 Å². The Bertz CT molecular complexity index is 1270. The van der Waals surface area contributed by atoms with Crippen molar-refractivity contribution in [3.05, 3.63) is 59.7 Å². The van der Waals surface area contributed by atoms with Crippen LogP contribution in [-0.4, -0.2) is 64.9 Å². The highest BCUT2D eigenvalue weighted by atomic mass is 35.5. The molecule has 1 aliphatic carbocycles. The van der Waals surface area contributed by atoms with Crippen molar-refractivity contribution in [2.24, 2.45) is 11.8 Å². The summed E-state index contributed by atoms with van der Waals surface area (Å²) in [5, 5.41) is 0. The Balaban J connectivity index is 1.65. The smallest absolute Gasteiger partial charge is 0.330 e. The number of esters is 1. The van der Waals surface area contributed by atoms with E-state index in [4.69, 9.17) is 35.3 Å². The Hall–Kier alpha value is -3.49. The largest absolute Gasteiger partial charge is 0.493 e. The van der Waals surface area contributed by atoms with Gasteiger partial charge in [0.1, 0.15) is 0 Å². The van der Waals surface area contributed by atoms with E-state index in [0.717, 1.165) is 62.7 Å². The molecule has 2 aromatic carbocycles. The van der Waals surface area contributed by atoms with Gasteiger partial charge in [-0.15, -0.1) is 11.6 Å². The average molecular weight is 643 g/mol. The number of hydrogen-bond donors (Lipinski definition) is 0. The van der Waals surface area contributed by atoms with E-state index in [2.05, 4.69) is 4.74 Å². The number of hydrogen-bond acceptors (Lipinski definition) is 8. The number of carbonyl (C=O) groups excluding carboxylic acids is 2. The van der Waals surface area contributed by atoms with Crippen molar-refractivity contribution in [3.8, 4) is 23.0 Å². The first-order valence-electron chi connectivity index (χ1n) is 15.6. The molecule has 3 unspecified atom stereocenters. The Labute approximate surface area is 272 Å². The fraction of sp³-hybridized carbons (Fsp3) is 0.500. The van der Waals surface area contributed by atoms with E-state index in [0.29, 0.717) is 42.1 Å². The molecule has 0 aliphatic heterocycles. The second-order valence-electron chi connectivity index (χ2n) is 11.3. The van der Waals surface area contributed by atoms with Crippen LogP contribution in [0.15, 0.2) is 48.6 Å². The van der Waals surface area contributed by atoms with Gasteiger partial charge in [-0.05, 0) is 98.4 Å². The molecule has 8 nitrogen and oxygen atoms in total. The number of rotatable bonds is 19. The minimum Gasteiger partial charge on any atom is -0.493 e. The lowest BCUT2D eigenvalue weighted by molar-refractivity contribution is -0.134. The van der Waals surface area contributed by atoms with Crippen molar-refractivity contribution in [2.75, 3.05) is 47.0 Å². The number of ether oxygens (including phenoxy) is 6. The van der Waals surface area contributed by atoms with Crippen LogP contribution in [0.2, 0.25) is 0 Å². The number of benzene rings is 2. The minimum atomic E-state index is -0.422. The van der Waals surface area contributed by atoms with Gasteiger partial charge in [-0.1, -0.05) is 31.1 Å². The second-order valence-corrected chi connectivity index (χ2v) is 11.7. The number of ketones is 1. The monoisotopic (exact) mass is 642 g/mol. The van der Waals surface area contributed by atoms with Crippen LogP contribution in [0.25, 0.3) is 12.2 Å². The molecule has 0 saturated heterocycles. The lowest BCUT2D eigenvalue weighted by atomic mass is 9.80. The molecule has 0 aromatic heterocycles. The quantitative estimate of drug-likeness (QED) is 0.0672. The lowest BCUT2D eigenvalue weighted by Crippen LogP contribution is -2.34. The molecule has 45 heavy (non-hydrogen) atoms. The van der Waals surface area contributed by atoms with Crippen LogP contribution in [0.4, 0.5) is 0 Å². The Morgan fingerprint density at radius 2 is 1.31 bits per heavy atom. The molecule has 9 heteroatoms. The molecule has 246 valence electrons. The minimum absolute atomic E-state index is 0.0135. The van der Waals surface area contributed by atoms with Gasteiger partial charge in [-0.25, -0.2) is 4.79 Å². The summed E-state index contributed by atoms with van der Waals surface area (Å²) in [6.45, 7) is 3.29. The zero-order valence-electron chi connectivity index (χ0n) is 26.9. The number of carbonyl (C=O) groups is 2. The summed E-state index contributed by atoms with van der Waals surface area (Å²) in [5.41, 5.74) is 1.67. The Kier molecular flexibility index (Phi) is 15.8. The van der Waals surface area contributed by atoms with Crippen LogP contribution in [0, 0.1) is 11.8 Å². The van der Waals surface area contributed by atoms with Gasteiger partial charge in [-0.2, -0.15) is 0 Å². The number of alkyl halides is 1. The molecule has 0 heterocycles. The van der Waals surface area contributed by atoms with Gasteiger partial charge in [0, 0.05) is 18.6 Å². The van der Waals surface area contributed by atoms with Gasteiger partial charge in [0.05, 0.1) is 40.6 Å². The van der Waals surface area contributed by atoms with E-state index in [9.17, 15) is 9.59 Å². The van der Waals surface area contributed by atoms with Gasteiger partial charge in [-0.3, -0.25) is 4.79 Å². The van der Waals surface area contributed by atoms with Crippen molar-refractivity contribution < 1.29 is 38.0 Å². The fourth-order valence-corrected chi connectivity index (χ4v) is 5.58. The maximum absolute atomic E-state index is 11.5. The van der Waals surface area contributed by atoms with Crippen molar-refractivity contribution >= 4 is 35.5 Å². The van der Waals surface area contributed by atoms with E-state index in [1.54, 1.807) is 26.4 Å². The molecule has 0 bridgehead atoms. The van der Waals surface area contributed by atoms with Gasteiger partial charge in [0.25, 0.3) is 0 Å². The SMILES string of the molecule is COC(=O)/C=C/c1ccc(OCC2CC(COc3ccc(/C=C/C(C)=O)cc3OC)CC(OCCCCCCCl)C2)c(OC)c1. The third-order valence-electron chi connectivity index (χ3n) is 7.69. The molecule has 1 aliphatic rings. The summed E-state index contributed by atoms with van der Waals surface area (Å²) in [5.74, 6) is 3.32. The number of methoxy groups -OCH3 is 3. The molecule has 3 atom stereocenters. The Morgan fingerprint density at radius 1 is 0.756 bits per heavy atom. The van der Waals surface area contributed by atoms with Gasteiger partial charge in [0.15, 0.2) is 28.8 Å². The maximum atomic E-state index is 11.5. The highest BCUT2D eigenvalue weighted by molar-refractivity contribution is 6.17. The highest BCUT2D eigenvalue weighted by Gasteiger charge is 2.31. The first-order chi connectivity index (χ1) is 21.8. The topological polar surface area (TPSA) is 89.5 Å². The molecule has 0 amide bonds. The van der Waals surface area contributed by atoms with Crippen LogP contribution in [0.3, 0.4) is 0 Å². The van der Waals surface area contributed by atoms with Crippen LogP contribution in [0.1, 0.15) is 63.0 Å². The number of allylic oxidation sites excluding steroid dienone is 1. The summed E-state index contributed by atoms with van der Waals surface area (Å²) >= 11 is 5.82. The van der Waals surface area contributed by atoms with Crippen LogP contribution in [-0.2, 0) is 19.1 Å². The van der Waals surface area contributed by atoms with Gasteiger partial charge >= 0.3 is 5.97 Å². The van der Waals surface area contributed by atoms with Gasteiger partial charge < -0.3 is 28.4 Å². The van der Waals surface area contributed by atoms with E-state index in [-0.39, 0.29) is 23.7 Å². The summed E-state index contributed by atoms with van der Waals surface area (Å²) in [6, 6.07) is 11.2. The maximum Gasteiger partial charge on any atom is 0.330 e. The highest BCUT2D eigenvalue weighted by Crippen LogP contribution is 2.36. The third kappa shape index (κ3) is 12.8. The zero-order chi connectivity index (χ0) is 32.4. The molecule has 1 fully saturated rings. The molecule has 0 N–H and O–H groups in total. The molecule has 0 spiro atoms. The average Bonchev–Trinajstić information content (AvgIpc) is 3.06. The second kappa shape index (κ2) is 19.8. The summed E-state index contributed by atoms with van der Waals surface area (Å²) < 4.78 is 34.8. The molecule has 1 saturated carbocycles. The standard InChI is InChI=1S/C36H47ClO8/c1-26(38)9-10-27-11-14-32(34(22-27)40-2)44-24-29-19-30(21-31(20-29)43-18-8-6-5-7-17-37)25-45-33-15-12-28(23-35(33)41-3)13-16-36(39)42-4/h9-16,22-23,29-31H,5-8,17-21,24-25H2,1-4H3/b10-9+,16-13+. The fourth-order valence-electron chi connectivity index (χ4n) is 5.39. The van der Waals surface area contributed by atoms with E-state index < -0.39 is 5.97 Å². The normalized spacial score (nSPS) is 18.2. The number of unbranched alkanes of at least 4 members (excludes halogenated alkanes) is 3. The molecule has 3 rings (SSSR count). The van der Waals surface area contributed by atoms with Crippen LogP contribution >= 0.6 is 11.6 Å². The first-order valence-corrected chi connectivity index (χ1v) is 16.1. The predicted octanol–water partition coefficient (Wildman–Crippen LogP) is 7.55. The third-order valence-corrected chi connectivity index (χ3v) is 7.96. The van der Waals surface area contributed by atoms with Gasteiger partial charge in [0.2, 0.25) is 0 Å². The molecule has 0 radical (unpaired) electrons. The van der Waals surface area contributed by atoms with E-state index >= 15 is 0 Å². The van der Waals surface area contributed by atoms with Crippen molar-refractivity contribution in [1.29, 1.82) is 0 Å². The van der Waals surface area contributed by atoms with E-state index in [1.807, 2.05) is 36.4 Å². The first kappa shape index (κ1) is 36.0. The van der Waals surface area contributed by atoms with Crippen LogP contribution in [0.5, 0.6) is 23.0 Å². The van der Waals surface area contributed by atoms with Crippen LogP contribution < -0.4 is 18.9 Å². The molecular formula is C36H47ClO8. The number of halogens is 1. The molecular weight excluding hydrogens is 596 g/mol. The Morgan fingerprint density at radius 3 is 1.82 bits per heavy atom. The predicted molar refractivity (Wildman–Crippen MR) is 178 cm³/mol.